The molecule has 0 aliphatic rings. The number of oxime groups is 1. The SMILES string of the molecule is Cc1cccc(F)c1CC(N)=NO. The van der Waals surface area contributed by atoms with E-state index in [-0.39, 0.29) is 18.1 Å². The van der Waals surface area contributed by atoms with Gasteiger partial charge in [0.2, 0.25) is 0 Å². The Bertz CT molecular complexity index is 316. The van der Waals surface area contributed by atoms with E-state index >= 15 is 0 Å². The van der Waals surface area contributed by atoms with E-state index in [4.69, 9.17) is 10.9 Å². The Labute approximate surface area is 75.7 Å². The fourth-order valence-corrected chi connectivity index (χ4v) is 1.11. The van der Waals surface area contributed by atoms with Crippen molar-refractivity contribution in [2.45, 2.75) is 13.3 Å². The second kappa shape index (κ2) is 3.89. The topological polar surface area (TPSA) is 58.6 Å². The second-order valence-corrected chi connectivity index (χ2v) is 2.80. The molecule has 1 rings (SSSR count). The van der Waals surface area contributed by atoms with Crippen molar-refractivity contribution < 1.29 is 9.60 Å². The third-order valence-electron chi connectivity index (χ3n) is 1.84. The molecule has 3 N–H and O–H groups in total. The first-order valence-electron chi connectivity index (χ1n) is 3.85. The highest BCUT2D eigenvalue weighted by atomic mass is 19.1. The zero-order valence-electron chi connectivity index (χ0n) is 7.29. The maximum absolute atomic E-state index is 13.2. The van der Waals surface area contributed by atoms with Gasteiger partial charge in [0.15, 0.2) is 0 Å². The highest BCUT2D eigenvalue weighted by molar-refractivity contribution is 5.82. The highest BCUT2D eigenvalue weighted by Crippen LogP contribution is 2.12. The van der Waals surface area contributed by atoms with Crippen molar-refractivity contribution in [1.29, 1.82) is 0 Å². The van der Waals surface area contributed by atoms with Crippen LogP contribution in [-0.4, -0.2) is 11.0 Å². The van der Waals surface area contributed by atoms with Crippen LogP contribution in [0.3, 0.4) is 0 Å². The number of hydrogen-bond acceptors (Lipinski definition) is 2. The Morgan fingerprint density at radius 2 is 2.31 bits per heavy atom. The van der Waals surface area contributed by atoms with Crippen molar-refractivity contribution in [3.63, 3.8) is 0 Å². The maximum Gasteiger partial charge on any atom is 0.143 e. The molecule has 0 fully saturated rings. The largest absolute Gasteiger partial charge is 0.409 e. The summed E-state index contributed by atoms with van der Waals surface area (Å²) in [4.78, 5) is 0. The van der Waals surface area contributed by atoms with Gasteiger partial charge in [0, 0.05) is 6.42 Å². The van der Waals surface area contributed by atoms with Crippen LogP contribution in [0, 0.1) is 12.7 Å². The number of aryl methyl sites for hydroxylation is 1. The Morgan fingerprint density at radius 3 is 2.85 bits per heavy atom. The summed E-state index contributed by atoms with van der Waals surface area (Å²) >= 11 is 0. The van der Waals surface area contributed by atoms with Crippen LogP contribution in [0.1, 0.15) is 11.1 Å². The summed E-state index contributed by atoms with van der Waals surface area (Å²) in [6.07, 6.45) is 0.134. The van der Waals surface area contributed by atoms with Crippen molar-refractivity contribution in [3.05, 3.63) is 35.1 Å². The van der Waals surface area contributed by atoms with Crippen molar-refractivity contribution >= 4 is 5.84 Å². The molecule has 0 amide bonds. The predicted molar refractivity (Wildman–Crippen MR) is 48.2 cm³/mol. The van der Waals surface area contributed by atoms with E-state index in [9.17, 15) is 4.39 Å². The molecular formula is C9H11FN2O. The van der Waals surface area contributed by atoms with Crippen LogP contribution in [0.15, 0.2) is 23.4 Å². The molecule has 4 heteroatoms. The van der Waals surface area contributed by atoms with E-state index in [0.717, 1.165) is 5.56 Å². The Morgan fingerprint density at radius 1 is 1.62 bits per heavy atom. The summed E-state index contributed by atoms with van der Waals surface area (Å²) in [5.41, 5.74) is 6.54. The minimum Gasteiger partial charge on any atom is -0.409 e. The summed E-state index contributed by atoms with van der Waals surface area (Å²) in [7, 11) is 0. The normalized spacial score (nSPS) is 11.7. The molecular weight excluding hydrogens is 171 g/mol. The molecule has 0 saturated carbocycles. The smallest absolute Gasteiger partial charge is 0.143 e. The molecule has 0 spiro atoms. The number of halogens is 1. The van der Waals surface area contributed by atoms with E-state index in [0.29, 0.717) is 5.56 Å². The average Bonchev–Trinajstić information content (AvgIpc) is 2.11. The lowest BCUT2D eigenvalue weighted by atomic mass is 10.0. The molecule has 0 saturated heterocycles. The molecule has 0 unspecified atom stereocenters. The second-order valence-electron chi connectivity index (χ2n) is 2.80. The summed E-state index contributed by atoms with van der Waals surface area (Å²) < 4.78 is 13.2. The average molecular weight is 182 g/mol. The lowest BCUT2D eigenvalue weighted by Gasteiger charge is -2.05. The summed E-state index contributed by atoms with van der Waals surface area (Å²) in [5.74, 6) is -0.320. The van der Waals surface area contributed by atoms with Gasteiger partial charge in [0.1, 0.15) is 11.7 Å². The molecule has 13 heavy (non-hydrogen) atoms. The molecule has 0 bridgehead atoms. The van der Waals surface area contributed by atoms with Gasteiger partial charge >= 0.3 is 0 Å². The van der Waals surface area contributed by atoms with Gasteiger partial charge in [-0.25, -0.2) is 4.39 Å². The van der Waals surface area contributed by atoms with Crippen LogP contribution in [-0.2, 0) is 6.42 Å². The van der Waals surface area contributed by atoms with Crippen molar-refractivity contribution in [3.8, 4) is 0 Å². The van der Waals surface area contributed by atoms with Gasteiger partial charge < -0.3 is 10.9 Å². The lowest BCUT2D eigenvalue weighted by Crippen LogP contribution is -2.16. The van der Waals surface area contributed by atoms with Gasteiger partial charge in [0.05, 0.1) is 0 Å². The molecule has 70 valence electrons. The third kappa shape index (κ3) is 2.18. The summed E-state index contributed by atoms with van der Waals surface area (Å²) in [5, 5.41) is 11.1. The van der Waals surface area contributed by atoms with Gasteiger partial charge in [-0.15, -0.1) is 0 Å². The highest BCUT2D eigenvalue weighted by Gasteiger charge is 2.06. The molecule has 0 atom stereocenters. The standard InChI is InChI=1S/C9H11FN2O/c1-6-3-2-4-8(10)7(6)5-9(11)12-13/h2-4,13H,5H2,1H3,(H2,11,12). The van der Waals surface area contributed by atoms with Gasteiger partial charge in [-0.1, -0.05) is 17.3 Å². The molecule has 1 aromatic rings. The van der Waals surface area contributed by atoms with E-state index < -0.39 is 0 Å². The van der Waals surface area contributed by atoms with Gasteiger partial charge in [-0.2, -0.15) is 0 Å². The Balaban J connectivity index is 3.00. The Kier molecular flexibility index (Phi) is 2.84. The van der Waals surface area contributed by atoms with Crippen molar-refractivity contribution in [2.75, 3.05) is 0 Å². The van der Waals surface area contributed by atoms with Crippen LogP contribution < -0.4 is 5.73 Å². The zero-order chi connectivity index (χ0) is 9.84. The third-order valence-corrected chi connectivity index (χ3v) is 1.84. The van der Waals surface area contributed by atoms with E-state index in [1.807, 2.05) is 0 Å². The molecule has 0 aromatic heterocycles. The van der Waals surface area contributed by atoms with Crippen LogP contribution in [0.5, 0.6) is 0 Å². The number of benzene rings is 1. The molecule has 0 radical (unpaired) electrons. The van der Waals surface area contributed by atoms with Crippen LogP contribution >= 0.6 is 0 Å². The maximum atomic E-state index is 13.2. The fourth-order valence-electron chi connectivity index (χ4n) is 1.11. The van der Waals surface area contributed by atoms with E-state index in [1.54, 1.807) is 19.1 Å². The van der Waals surface area contributed by atoms with Gasteiger partial charge in [-0.3, -0.25) is 0 Å². The number of hydrogen-bond donors (Lipinski definition) is 2. The first-order valence-corrected chi connectivity index (χ1v) is 3.85. The molecule has 0 heterocycles. The van der Waals surface area contributed by atoms with Crippen molar-refractivity contribution in [2.24, 2.45) is 10.9 Å². The number of nitrogens with zero attached hydrogens (tertiary/aromatic N) is 1. The molecule has 3 nitrogen and oxygen atoms in total. The number of amidine groups is 1. The van der Waals surface area contributed by atoms with Gasteiger partial charge in [0.25, 0.3) is 0 Å². The molecule has 0 aliphatic carbocycles. The zero-order valence-corrected chi connectivity index (χ0v) is 7.29. The summed E-state index contributed by atoms with van der Waals surface area (Å²) in [6.45, 7) is 1.78. The van der Waals surface area contributed by atoms with Crippen LogP contribution in [0.25, 0.3) is 0 Å². The van der Waals surface area contributed by atoms with Crippen LogP contribution in [0.4, 0.5) is 4.39 Å². The first-order chi connectivity index (χ1) is 6.15. The predicted octanol–water partition coefficient (Wildman–Crippen LogP) is 1.42. The summed E-state index contributed by atoms with van der Waals surface area (Å²) in [6, 6.07) is 4.76. The van der Waals surface area contributed by atoms with Crippen LogP contribution in [0.2, 0.25) is 0 Å². The fraction of sp³-hybridized carbons (Fsp3) is 0.222. The Hall–Kier alpha value is -1.58. The van der Waals surface area contributed by atoms with Crippen molar-refractivity contribution in [1.82, 2.24) is 0 Å². The molecule has 1 aromatic carbocycles. The van der Waals surface area contributed by atoms with E-state index in [2.05, 4.69) is 5.16 Å². The quantitative estimate of drug-likeness (QED) is 0.314. The number of nitrogens with two attached hydrogens (primary N) is 1. The minimum absolute atomic E-state index is 0.00759. The van der Waals surface area contributed by atoms with E-state index in [1.165, 1.54) is 6.07 Å². The monoisotopic (exact) mass is 182 g/mol. The number of rotatable bonds is 2. The lowest BCUT2D eigenvalue weighted by molar-refractivity contribution is 0.317. The first kappa shape index (κ1) is 9.51. The molecule has 0 aliphatic heterocycles. The van der Waals surface area contributed by atoms with Gasteiger partial charge in [-0.05, 0) is 24.1 Å². The minimum atomic E-state index is -0.327.